The number of nitrogens with one attached hydrogen (secondary N) is 2. The van der Waals surface area contributed by atoms with Crippen LogP contribution in [0.15, 0.2) is 36.7 Å². The van der Waals surface area contributed by atoms with Crippen LogP contribution in [0.5, 0.6) is 0 Å². The molecule has 12 heteroatoms. The Balaban J connectivity index is 1.41. The summed E-state index contributed by atoms with van der Waals surface area (Å²) in [5, 5.41) is 23.5. The maximum atomic E-state index is 12.5. The van der Waals surface area contributed by atoms with Gasteiger partial charge >= 0.3 is 6.09 Å². The minimum atomic E-state index is -0.775. The summed E-state index contributed by atoms with van der Waals surface area (Å²) in [7, 11) is 1.62. The summed E-state index contributed by atoms with van der Waals surface area (Å²) in [5.41, 5.74) is 1.09. The third-order valence-corrected chi connectivity index (χ3v) is 5.89. The first-order chi connectivity index (χ1) is 16.1. The third-order valence-electron chi connectivity index (χ3n) is 5.57. The highest BCUT2D eigenvalue weighted by atomic mass is 35.5. The Morgan fingerprint density at radius 2 is 2.03 bits per heavy atom. The van der Waals surface area contributed by atoms with Gasteiger partial charge in [0, 0.05) is 24.7 Å². The lowest BCUT2D eigenvalue weighted by atomic mass is 9.72. The average molecular weight is 486 g/mol. The number of aromatic nitrogens is 5. The van der Waals surface area contributed by atoms with Gasteiger partial charge in [-0.15, -0.1) is 5.10 Å². The summed E-state index contributed by atoms with van der Waals surface area (Å²) < 4.78 is 6.81. The lowest BCUT2D eigenvalue weighted by Gasteiger charge is -2.39. The fourth-order valence-electron chi connectivity index (χ4n) is 3.76. The zero-order chi connectivity index (χ0) is 24.5. The zero-order valence-corrected chi connectivity index (χ0v) is 19.6. The molecular weight excluding hydrogens is 462 g/mol. The number of aryl methyl sites for hydroxylation is 1. The molecule has 0 aliphatic heterocycles. The number of rotatable bonds is 6. The van der Waals surface area contributed by atoms with Crippen LogP contribution >= 0.6 is 11.6 Å². The van der Waals surface area contributed by atoms with Gasteiger partial charge in [0.25, 0.3) is 0 Å². The minimum Gasteiger partial charge on any atom is -0.441 e. The van der Waals surface area contributed by atoms with Gasteiger partial charge in [0.2, 0.25) is 5.91 Å². The Bertz CT molecular complexity index is 1200. The molecule has 4 rings (SSSR count). The molecule has 0 aromatic carbocycles. The van der Waals surface area contributed by atoms with Gasteiger partial charge in [-0.25, -0.2) is 14.5 Å². The first kappa shape index (κ1) is 23.6. The number of amides is 2. The molecule has 0 unspecified atom stereocenters. The van der Waals surface area contributed by atoms with Gasteiger partial charge in [-0.1, -0.05) is 22.9 Å². The van der Waals surface area contributed by atoms with Gasteiger partial charge in [0.05, 0.1) is 23.2 Å². The Labute approximate surface area is 200 Å². The monoisotopic (exact) mass is 485 g/mol. The molecule has 1 aliphatic rings. The van der Waals surface area contributed by atoms with E-state index >= 15 is 0 Å². The van der Waals surface area contributed by atoms with E-state index in [1.807, 2.05) is 0 Å². The van der Waals surface area contributed by atoms with E-state index in [9.17, 15) is 14.7 Å². The van der Waals surface area contributed by atoms with Crippen molar-refractivity contribution >= 4 is 35.1 Å². The van der Waals surface area contributed by atoms with Gasteiger partial charge in [-0.3, -0.25) is 15.1 Å². The van der Waals surface area contributed by atoms with E-state index in [4.69, 9.17) is 16.3 Å². The van der Waals surface area contributed by atoms with Crippen molar-refractivity contribution in [3.8, 4) is 11.4 Å². The van der Waals surface area contributed by atoms with Crippen LogP contribution in [-0.4, -0.2) is 47.7 Å². The lowest BCUT2D eigenvalue weighted by Crippen LogP contribution is -2.46. The number of hydrogen-bond acceptors (Lipinski definition) is 8. The van der Waals surface area contributed by atoms with Crippen LogP contribution in [0, 0.1) is 5.92 Å². The molecule has 3 heterocycles. The molecule has 3 aromatic rings. The van der Waals surface area contributed by atoms with E-state index < -0.39 is 17.8 Å². The van der Waals surface area contributed by atoms with Crippen LogP contribution < -0.4 is 10.6 Å². The fraction of sp³-hybridized carbons (Fsp3) is 0.364. The highest BCUT2D eigenvalue weighted by Crippen LogP contribution is 2.38. The second-order valence-corrected chi connectivity index (χ2v) is 8.85. The number of anilines is 2. The van der Waals surface area contributed by atoms with Crippen molar-refractivity contribution in [2.24, 2.45) is 13.0 Å². The van der Waals surface area contributed by atoms with Crippen molar-refractivity contribution in [1.82, 2.24) is 25.0 Å². The number of carbonyl (C=O) groups excluding carboxylic acids is 2. The first-order valence-electron chi connectivity index (χ1n) is 10.6. The second-order valence-electron chi connectivity index (χ2n) is 8.49. The number of pyridine rings is 2. The van der Waals surface area contributed by atoms with Crippen LogP contribution in [0.3, 0.4) is 0 Å². The number of hydrogen-bond donors (Lipinski definition) is 3. The quantitative estimate of drug-likeness (QED) is 0.451. The SMILES string of the molecule is C[C@@H](OC(=O)Nc1c(-c2ccc(NC(=O)[C@H]3C[C@@](C)(O)C3)cn2)nnn1C)c1cccnc1Cl. The largest absolute Gasteiger partial charge is 0.441 e. The molecule has 178 valence electrons. The van der Waals surface area contributed by atoms with E-state index in [2.05, 4.69) is 30.9 Å². The summed E-state index contributed by atoms with van der Waals surface area (Å²) in [6.45, 7) is 3.40. The van der Waals surface area contributed by atoms with E-state index in [0.717, 1.165) is 0 Å². The van der Waals surface area contributed by atoms with E-state index in [1.165, 1.54) is 10.9 Å². The number of ether oxygens (including phenoxy) is 1. The summed E-state index contributed by atoms with van der Waals surface area (Å²) in [6.07, 6.45) is 2.55. The second kappa shape index (κ2) is 9.35. The van der Waals surface area contributed by atoms with Gasteiger partial charge in [-0.2, -0.15) is 0 Å². The number of carbonyl (C=O) groups is 2. The van der Waals surface area contributed by atoms with Gasteiger partial charge in [-0.05, 0) is 44.9 Å². The average Bonchev–Trinajstić information content (AvgIpc) is 3.12. The van der Waals surface area contributed by atoms with Gasteiger partial charge < -0.3 is 15.2 Å². The molecule has 1 fully saturated rings. The normalized spacial score (nSPS) is 20.2. The van der Waals surface area contributed by atoms with Crippen LogP contribution in [0.1, 0.15) is 38.4 Å². The molecule has 0 bridgehead atoms. The zero-order valence-electron chi connectivity index (χ0n) is 18.8. The molecular formula is C22H24ClN7O4. The predicted octanol–water partition coefficient (Wildman–Crippen LogP) is 3.33. The number of aliphatic hydroxyl groups is 1. The molecule has 1 atom stereocenters. The van der Waals surface area contributed by atoms with Crippen molar-refractivity contribution in [2.75, 3.05) is 10.6 Å². The highest BCUT2D eigenvalue weighted by molar-refractivity contribution is 6.30. The fourth-order valence-corrected chi connectivity index (χ4v) is 4.03. The van der Waals surface area contributed by atoms with Crippen molar-refractivity contribution in [2.45, 2.75) is 38.4 Å². The molecule has 1 saturated carbocycles. The Kier molecular flexibility index (Phi) is 6.49. The van der Waals surface area contributed by atoms with Crippen molar-refractivity contribution in [1.29, 1.82) is 0 Å². The van der Waals surface area contributed by atoms with Gasteiger partial charge in [0.1, 0.15) is 11.3 Å². The van der Waals surface area contributed by atoms with Crippen LogP contribution in [-0.2, 0) is 16.6 Å². The summed E-state index contributed by atoms with van der Waals surface area (Å²) in [5.74, 6) is -0.0931. The Hall–Kier alpha value is -3.57. The van der Waals surface area contributed by atoms with Crippen LogP contribution in [0.2, 0.25) is 5.15 Å². The summed E-state index contributed by atoms with van der Waals surface area (Å²) >= 11 is 6.07. The molecule has 0 saturated heterocycles. The molecule has 3 N–H and O–H groups in total. The van der Waals surface area contributed by atoms with Crippen LogP contribution in [0.4, 0.5) is 16.3 Å². The summed E-state index contributed by atoms with van der Waals surface area (Å²) in [4.78, 5) is 33.1. The highest BCUT2D eigenvalue weighted by Gasteiger charge is 2.42. The Morgan fingerprint density at radius 3 is 2.68 bits per heavy atom. The standard InChI is InChI=1S/C22H24ClN7O4/c1-12(15-5-4-8-24-18(15)23)34-21(32)27-19-17(28-29-30(19)3)16-7-6-14(11-25-16)26-20(31)13-9-22(2,33)10-13/h4-8,11-13,33H,9-10H2,1-3H3,(H,26,31)(H,27,32)/t12-,13-,22+/m1/s1. The van der Waals surface area contributed by atoms with E-state index in [-0.39, 0.29) is 22.8 Å². The smallest absolute Gasteiger partial charge is 0.413 e. The van der Waals surface area contributed by atoms with E-state index in [1.54, 1.807) is 51.4 Å². The molecule has 34 heavy (non-hydrogen) atoms. The molecule has 0 spiro atoms. The van der Waals surface area contributed by atoms with Crippen LogP contribution in [0.25, 0.3) is 11.4 Å². The molecule has 1 aliphatic carbocycles. The lowest BCUT2D eigenvalue weighted by molar-refractivity contribution is -0.133. The topological polar surface area (TPSA) is 144 Å². The predicted molar refractivity (Wildman–Crippen MR) is 124 cm³/mol. The summed E-state index contributed by atoms with van der Waals surface area (Å²) in [6, 6.07) is 6.77. The number of halogens is 1. The third kappa shape index (κ3) is 5.15. The molecule has 11 nitrogen and oxygen atoms in total. The van der Waals surface area contributed by atoms with Gasteiger partial charge in [0.15, 0.2) is 11.5 Å². The number of nitrogens with zero attached hydrogens (tertiary/aromatic N) is 5. The van der Waals surface area contributed by atoms with Crippen molar-refractivity contribution in [3.05, 3.63) is 47.4 Å². The molecule has 0 radical (unpaired) electrons. The maximum Gasteiger partial charge on any atom is 0.413 e. The Morgan fingerprint density at radius 1 is 1.26 bits per heavy atom. The molecule has 2 amide bonds. The molecule has 3 aromatic heterocycles. The van der Waals surface area contributed by atoms with Crippen molar-refractivity contribution in [3.63, 3.8) is 0 Å². The maximum absolute atomic E-state index is 12.5. The van der Waals surface area contributed by atoms with E-state index in [0.29, 0.717) is 35.5 Å². The van der Waals surface area contributed by atoms with Crippen molar-refractivity contribution < 1.29 is 19.4 Å². The minimum absolute atomic E-state index is 0.159. The first-order valence-corrected chi connectivity index (χ1v) is 11.0.